The number of carbonyl (C=O) groups is 1. The molecule has 0 unspecified atom stereocenters. The zero-order chi connectivity index (χ0) is 23.7. The molecule has 0 aliphatic carbocycles. The molecule has 0 radical (unpaired) electrons. The molecule has 1 aromatic heterocycles. The average Bonchev–Trinajstić information content (AvgIpc) is 3.29. The smallest absolute Gasteiger partial charge is 0.255 e. The van der Waals surface area contributed by atoms with Crippen LogP contribution in [0.25, 0.3) is 11.4 Å². The molecule has 0 bridgehead atoms. The summed E-state index contributed by atoms with van der Waals surface area (Å²) in [5.74, 6) is 0.637. The molecule has 1 saturated heterocycles. The number of nitrogens with one attached hydrogen (secondary N) is 1. The predicted molar refractivity (Wildman–Crippen MR) is 132 cm³/mol. The molecule has 1 amide bonds. The summed E-state index contributed by atoms with van der Waals surface area (Å²) in [6, 6.07) is 12.4. The maximum atomic E-state index is 13.1. The highest BCUT2D eigenvalue weighted by molar-refractivity contribution is 7.89. The molecule has 3 aromatic rings. The zero-order valence-electron chi connectivity index (χ0n) is 19.5. The molecule has 7 nitrogen and oxygen atoms in total. The molecule has 178 valence electrons. The summed E-state index contributed by atoms with van der Waals surface area (Å²) < 4.78 is 29.9. The van der Waals surface area contributed by atoms with Gasteiger partial charge in [0.2, 0.25) is 10.0 Å². The Labute approximate surface area is 200 Å². The van der Waals surface area contributed by atoms with E-state index in [-0.39, 0.29) is 10.8 Å². The Kier molecular flexibility index (Phi) is 6.27. The lowest BCUT2D eigenvalue weighted by Gasteiger charge is -2.26. The van der Waals surface area contributed by atoms with Crippen LogP contribution in [0.4, 0.5) is 5.69 Å². The molecule has 3 heterocycles. The van der Waals surface area contributed by atoms with Crippen molar-refractivity contribution >= 4 is 21.6 Å². The van der Waals surface area contributed by atoms with Crippen LogP contribution in [0.5, 0.6) is 0 Å². The van der Waals surface area contributed by atoms with Crippen LogP contribution in [0.15, 0.2) is 53.6 Å². The summed E-state index contributed by atoms with van der Waals surface area (Å²) in [6.07, 6.45) is 8.18. The zero-order valence-corrected chi connectivity index (χ0v) is 20.3. The van der Waals surface area contributed by atoms with Crippen LogP contribution in [0.3, 0.4) is 0 Å². The number of fused-ring (bicyclic) bond motifs is 1. The van der Waals surface area contributed by atoms with Crippen LogP contribution in [0.2, 0.25) is 0 Å². The van der Waals surface area contributed by atoms with Crippen LogP contribution in [-0.4, -0.2) is 41.3 Å². The van der Waals surface area contributed by atoms with Crippen molar-refractivity contribution < 1.29 is 13.2 Å². The van der Waals surface area contributed by atoms with Gasteiger partial charge in [0.25, 0.3) is 5.91 Å². The summed E-state index contributed by atoms with van der Waals surface area (Å²) in [7, 11) is -3.60. The van der Waals surface area contributed by atoms with E-state index in [0.29, 0.717) is 24.3 Å². The number of piperidine rings is 1. The second-order valence-corrected chi connectivity index (χ2v) is 11.1. The number of aryl methyl sites for hydroxylation is 2. The lowest BCUT2D eigenvalue weighted by atomic mass is 10.1. The van der Waals surface area contributed by atoms with E-state index in [2.05, 4.69) is 14.9 Å². The first-order valence-electron chi connectivity index (χ1n) is 12.0. The van der Waals surface area contributed by atoms with Crippen molar-refractivity contribution in [3.63, 3.8) is 0 Å². The third kappa shape index (κ3) is 4.40. The van der Waals surface area contributed by atoms with E-state index in [0.717, 1.165) is 55.6 Å². The van der Waals surface area contributed by atoms with E-state index in [9.17, 15) is 13.2 Å². The number of amides is 1. The normalized spacial score (nSPS) is 16.7. The van der Waals surface area contributed by atoms with Crippen LogP contribution in [-0.2, 0) is 23.0 Å². The lowest BCUT2D eigenvalue weighted by molar-refractivity contribution is 0.102. The van der Waals surface area contributed by atoms with Crippen molar-refractivity contribution in [3.05, 3.63) is 65.5 Å². The van der Waals surface area contributed by atoms with Crippen LogP contribution < -0.4 is 5.32 Å². The van der Waals surface area contributed by atoms with Gasteiger partial charge in [0, 0.05) is 48.3 Å². The third-order valence-corrected chi connectivity index (χ3v) is 8.70. The van der Waals surface area contributed by atoms with E-state index < -0.39 is 10.0 Å². The minimum Gasteiger partial charge on any atom is -0.328 e. The molecule has 8 heteroatoms. The third-order valence-electron chi connectivity index (χ3n) is 6.81. The number of hydrogen-bond donors (Lipinski definition) is 1. The second-order valence-electron chi connectivity index (χ2n) is 9.15. The number of anilines is 1. The van der Waals surface area contributed by atoms with E-state index in [4.69, 9.17) is 0 Å². The number of rotatable bonds is 5. The number of imidazole rings is 1. The van der Waals surface area contributed by atoms with Crippen LogP contribution >= 0.6 is 0 Å². The van der Waals surface area contributed by atoms with Crippen molar-refractivity contribution in [3.8, 4) is 11.4 Å². The number of hydrogen-bond acceptors (Lipinski definition) is 4. The molecule has 0 atom stereocenters. The Balaban J connectivity index is 1.34. The predicted octanol–water partition coefficient (Wildman–Crippen LogP) is 4.62. The fourth-order valence-electron chi connectivity index (χ4n) is 4.83. The van der Waals surface area contributed by atoms with Gasteiger partial charge in [-0.3, -0.25) is 4.79 Å². The molecule has 0 saturated carbocycles. The first-order chi connectivity index (χ1) is 16.4. The van der Waals surface area contributed by atoms with Crippen molar-refractivity contribution in [2.24, 2.45) is 0 Å². The summed E-state index contributed by atoms with van der Waals surface area (Å²) in [5.41, 5.74) is 4.04. The Morgan fingerprint density at radius 2 is 1.68 bits per heavy atom. The maximum Gasteiger partial charge on any atom is 0.255 e. The highest BCUT2D eigenvalue weighted by Crippen LogP contribution is 2.27. The molecular formula is C26H30N4O3S. The topological polar surface area (TPSA) is 84.3 Å². The molecule has 34 heavy (non-hydrogen) atoms. The summed E-state index contributed by atoms with van der Waals surface area (Å²) >= 11 is 0. The molecular weight excluding hydrogens is 448 g/mol. The Morgan fingerprint density at radius 1 is 0.941 bits per heavy atom. The van der Waals surface area contributed by atoms with E-state index in [1.165, 1.54) is 22.5 Å². The van der Waals surface area contributed by atoms with Gasteiger partial charge in [-0.1, -0.05) is 12.5 Å². The first kappa shape index (κ1) is 22.8. The fourth-order valence-corrected chi connectivity index (χ4v) is 6.37. The van der Waals surface area contributed by atoms with E-state index >= 15 is 0 Å². The van der Waals surface area contributed by atoms with Crippen molar-refractivity contribution in [1.29, 1.82) is 0 Å². The van der Waals surface area contributed by atoms with Crippen LogP contribution in [0.1, 0.15) is 53.7 Å². The largest absolute Gasteiger partial charge is 0.328 e. The lowest BCUT2D eigenvalue weighted by Crippen LogP contribution is -2.35. The van der Waals surface area contributed by atoms with Crippen LogP contribution in [0, 0.1) is 6.92 Å². The van der Waals surface area contributed by atoms with Gasteiger partial charge in [-0.25, -0.2) is 13.4 Å². The number of nitrogens with zero attached hydrogens (tertiary/aromatic N) is 3. The van der Waals surface area contributed by atoms with Gasteiger partial charge in [0.1, 0.15) is 5.82 Å². The fraction of sp³-hybridized carbons (Fsp3) is 0.385. The molecule has 1 N–H and O–H groups in total. The highest BCUT2D eigenvalue weighted by Gasteiger charge is 2.27. The highest BCUT2D eigenvalue weighted by atomic mass is 32.2. The van der Waals surface area contributed by atoms with Gasteiger partial charge in [-0.2, -0.15) is 4.31 Å². The Morgan fingerprint density at radius 3 is 2.44 bits per heavy atom. The van der Waals surface area contributed by atoms with Crippen molar-refractivity contribution in [2.45, 2.75) is 56.9 Å². The molecule has 2 aliphatic heterocycles. The van der Waals surface area contributed by atoms with E-state index in [1.54, 1.807) is 12.1 Å². The number of carbonyl (C=O) groups excluding carboxylic acids is 1. The van der Waals surface area contributed by atoms with Gasteiger partial charge in [-0.05, 0) is 81.0 Å². The molecule has 2 aliphatic rings. The minimum absolute atomic E-state index is 0.171. The molecule has 2 aromatic carbocycles. The number of benzene rings is 2. The Hall–Kier alpha value is -2.97. The minimum atomic E-state index is -3.60. The average molecular weight is 479 g/mol. The van der Waals surface area contributed by atoms with E-state index in [1.807, 2.05) is 37.4 Å². The molecule has 0 spiro atoms. The number of aromatic nitrogens is 2. The van der Waals surface area contributed by atoms with Crippen molar-refractivity contribution in [1.82, 2.24) is 13.9 Å². The second kappa shape index (κ2) is 9.35. The SMILES string of the molecule is Cc1ccc(S(=O)(=O)N2CCCCC2)cc1C(=O)Nc1ccc(-c2ncc3n2CCCC3)cc1. The molecule has 1 fully saturated rings. The summed E-state index contributed by atoms with van der Waals surface area (Å²) in [4.78, 5) is 17.8. The van der Waals surface area contributed by atoms with Gasteiger partial charge in [0.05, 0.1) is 4.90 Å². The van der Waals surface area contributed by atoms with Gasteiger partial charge in [0.15, 0.2) is 0 Å². The van der Waals surface area contributed by atoms with Gasteiger partial charge >= 0.3 is 0 Å². The standard InChI is InChI=1S/C26H30N4O3S/c1-19-8-13-23(34(32,33)29-14-4-2-5-15-29)17-24(19)26(31)28-21-11-9-20(10-12-21)25-27-18-22-7-3-6-16-30(22)25/h8-13,17-18H,2-7,14-16H2,1H3,(H,28,31). The first-order valence-corrected chi connectivity index (χ1v) is 13.4. The van der Waals surface area contributed by atoms with Gasteiger partial charge in [-0.15, -0.1) is 0 Å². The summed E-state index contributed by atoms with van der Waals surface area (Å²) in [6.45, 7) is 3.86. The summed E-state index contributed by atoms with van der Waals surface area (Å²) in [5, 5.41) is 2.92. The monoisotopic (exact) mass is 478 g/mol. The quantitative estimate of drug-likeness (QED) is 0.580. The van der Waals surface area contributed by atoms with Gasteiger partial charge < -0.3 is 9.88 Å². The molecule has 5 rings (SSSR count). The van der Waals surface area contributed by atoms with Crippen molar-refractivity contribution in [2.75, 3.05) is 18.4 Å². The Bertz CT molecular complexity index is 1310. The maximum absolute atomic E-state index is 13.1. The number of sulfonamides is 1.